The molecule has 0 saturated heterocycles. The van der Waals surface area contributed by atoms with Crippen molar-refractivity contribution in [1.29, 1.82) is 0 Å². The zero-order chi connectivity index (χ0) is 17.5. The van der Waals surface area contributed by atoms with Crippen LogP contribution < -0.4 is 10.6 Å². The van der Waals surface area contributed by atoms with Crippen LogP contribution in [0, 0.1) is 0 Å². The first-order valence-electron chi connectivity index (χ1n) is 7.30. The average Bonchev–Trinajstić information content (AvgIpc) is 2.56. The number of hydrogen-bond acceptors (Lipinski definition) is 3. The predicted octanol–water partition coefficient (Wildman–Crippen LogP) is 5.20. The van der Waals surface area contributed by atoms with Gasteiger partial charge in [-0.1, -0.05) is 36.2 Å². The molecule has 2 rings (SSSR count). The third kappa shape index (κ3) is 5.15. The zero-order valence-electron chi connectivity index (χ0n) is 12.9. The van der Waals surface area contributed by atoms with Crippen LogP contribution in [-0.4, -0.2) is 18.6 Å². The van der Waals surface area contributed by atoms with Crippen molar-refractivity contribution in [1.82, 2.24) is 0 Å². The highest BCUT2D eigenvalue weighted by atomic mass is 35.5. The number of carbonyl (C=O) groups is 2. The molecule has 0 saturated carbocycles. The zero-order valence-corrected chi connectivity index (χ0v) is 14.4. The molecule has 126 valence electrons. The molecule has 0 bridgehead atoms. The van der Waals surface area contributed by atoms with Gasteiger partial charge in [-0.15, -0.1) is 0 Å². The molecule has 7 heteroatoms. The Morgan fingerprint density at radius 1 is 1.00 bits per heavy atom. The van der Waals surface area contributed by atoms with Gasteiger partial charge in [0.05, 0.1) is 22.2 Å². The van der Waals surface area contributed by atoms with Gasteiger partial charge < -0.3 is 15.4 Å². The largest absolute Gasteiger partial charge is 0.462 e. The van der Waals surface area contributed by atoms with E-state index in [2.05, 4.69) is 10.6 Å². The molecular weight excluding hydrogens is 351 g/mol. The number of ether oxygens (including phenoxy) is 1. The first kappa shape index (κ1) is 18.1. The van der Waals surface area contributed by atoms with Crippen LogP contribution in [0.25, 0.3) is 0 Å². The molecular formula is C17H16Cl2N2O3. The van der Waals surface area contributed by atoms with E-state index in [9.17, 15) is 9.59 Å². The average molecular weight is 367 g/mol. The number of amides is 2. The predicted molar refractivity (Wildman–Crippen MR) is 96.1 cm³/mol. The third-order valence-corrected chi connectivity index (χ3v) is 3.71. The highest BCUT2D eigenvalue weighted by Crippen LogP contribution is 2.25. The molecule has 2 N–H and O–H groups in total. The van der Waals surface area contributed by atoms with Crippen molar-refractivity contribution >= 4 is 46.6 Å². The minimum atomic E-state index is -0.465. The molecule has 0 spiro atoms. The molecule has 5 nitrogen and oxygen atoms in total. The van der Waals surface area contributed by atoms with Crippen LogP contribution >= 0.6 is 23.2 Å². The van der Waals surface area contributed by atoms with Crippen LogP contribution in [0.3, 0.4) is 0 Å². The smallest absolute Gasteiger partial charge is 0.338 e. The second kappa shape index (κ2) is 8.57. The summed E-state index contributed by atoms with van der Waals surface area (Å²) in [5, 5.41) is 6.02. The molecule has 24 heavy (non-hydrogen) atoms. The van der Waals surface area contributed by atoms with Gasteiger partial charge in [-0.3, -0.25) is 0 Å². The normalized spacial score (nSPS) is 10.1. The number of urea groups is 1. The topological polar surface area (TPSA) is 67.4 Å². The van der Waals surface area contributed by atoms with E-state index in [1.54, 1.807) is 42.5 Å². The summed E-state index contributed by atoms with van der Waals surface area (Å²) in [6, 6.07) is 10.8. The molecule has 0 aliphatic carbocycles. The van der Waals surface area contributed by atoms with Crippen molar-refractivity contribution in [3.8, 4) is 0 Å². The number of benzene rings is 2. The minimum Gasteiger partial charge on any atom is -0.462 e. The molecule has 0 aliphatic heterocycles. The number of esters is 1. The number of rotatable bonds is 5. The highest BCUT2D eigenvalue weighted by Gasteiger charge is 2.09. The van der Waals surface area contributed by atoms with E-state index in [0.717, 1.165) is 6.42 Å². The monoisotopic (exact) mass is 366 g/mol. The molecule has 0 aliphatic rings. The maximum absolute atomic E-state index is 12.0. The SMILES string of the molecule is CCCOC(=O)c1cccc(NC(=O)Nc2ccc(Cl)c(Cl)c2)c1. The highest BCUT2D eigenvalue weighted by molar-refractivity contribution is 6.42. The van der Waals surface area contributed by atoms with E-state index in [4.69, 9.17) is 27.9 Å². The van der Waals surface area contributed by atoms with Crippen molar-refractivity contribution in [3.63, 3.8) is 0 Å². The maximum atomic E-state index is 12.0. The van der Waals surface area contributed by atoms with Crippen LogP contribution in [0.15, 0.2) is 42.5 Å². The van der Waals surface area contributed by atoms with Crippen molar-refractivity contribution < 1.29 is 14.3 Å². The van der Waals surface area contributed by atoms with Crippen LogP contribution in [-0.2, 0) is 4.74 Å². The van der Waals surface area contributed by atoms with Gasteiger partial charge in [-0.25, -0.2) is 9.59 Å². The van der Waals surface area contributed by atoms with Gasteiger partial charge in [0.25, 0.3) is 0 Å². The lowest BCUT2D eigenvalue weighted by molar-refractivity contribution is 0.0505. The number of anilines is 2. The molecule has 0 atom stereocenters. The van der Waals surface area contributed by atoms with Crippen LogP contribution in [0.2, 0.25) is 10.0 Å². The second-order valence-electron chi connectivity index (χ2n) is 4.92. The van der Waals surface area contributed by atoms with Crippen molar-refractivity contribution in [2.24, 2.45) is 0 Å². The molecule has 0 unspecified atom stereocenters. The Labute approximate surface area is 149 Å². The number of halogens is 2. The van der Waals surface area contributed by atoms with E-state index < -0.39 is 12.0 Å². The van der Waals surface area contributed by atoms with Crippen molar-refractivity contribution in [3.05, 3.63) is 58.1 Å². The summed E-state index contributed by atoms with van der Waals surface area (Å²) in [5.74, 6) is -0.426. The summed E-state index contributed by atoms with van der Waals surface area (Å²) in [7, 11) is 0. The van der Waals surface area contributed by atoms with E-state index in [-0.39, 0.29) is 0 Å². The molecule has 0 aromatic heterocycles. The summed E-state index contributed by atoms with van der Waals surface area (Å²) < 4.78 is 5.06. The Kier molecular flexibility index (Phi) is 6.46. The fourth-order valence-corrected chi connectivity index (χ4v) is 2.17. The first-order valence-corrected chi connectivity index (χ1v) is 8.05. The molecule has 0 radical (unpaired) electrons. The number of hydrogen-bond donors (Lipinski definition) is 2. The minimum absolute atomic E-state index is 0.343. The molecule has 0 heterocycles. The summed E-state index contributed by atoms with van der Waals surface area (Å²) in [4.78, 5) is 23.8. The Balaban J connectivity index is 2.01. The molecule has 2 amide bonds. The standard InChI is InChI=1S/C17H16Cl2N2O3/c1-2-8-24-16(22)11-4-3-5-12(9-11)20-17(23)21-13-6-7-14(18)15(19)10-13/h3-7,9-10H,2,8H2,1H3,(H2,20,21,23). The van der Waals surface area contributed by atoms with Crippen molar-refractivity contribution in [2.45, 2.75) is 13.3 Å². The van der Waals surface area contributed by atoms with Gasteiger partial charge in [0, 0.05) is 11.4 Å². The van der Waals surface area contributed by atoms with Gasteiger partial charge in [-0.05, 0) is 42.8 Å². The maximum Gasteiger partial charge on any atom is 0.338 e. The fraction of sp³-hybridized carbons (Fsp3) is 0.176. The van der Waals surface area contributed by atoms with Gasteiger partial charge in [0.2, 0.25) is 0 Å². The number of nitrogens with one attached hydrogen (secondary N) is 2. The Morgan fingerprint density at radius 3 is 2.38 bits per heavy atom. The summed E-state index contributed by atoms with van der Waals surface area (Å²) >= 11 is 11.7. The summed E-state index contributed by atoms with van der Waals surface area (Å²) in [6.07, 6.45) is 0.746. The van der Waals surface area contributed by atoms with Crippen LogP contribution in [0.1, 0.15) is 23.7 Å². The molecule has 0 fully saturated rings. The molecule has 2 aromatic rings. The van der Waals surface area contributed by atoms with E-state index in [0.29, 0.717) is 33.6 Å². The van der Waals surface area contributed by atoms with Gasteiger partial charge in [0.1, 0.15) is 0 Å². The van der Waals surface area contributed by atoms with E-state index in [1.165, 1.54) is 0 Å². The van der Waals surface area contributed by atoms with Crippen LogP contribution in [0.4, 0.5) is 16.2 Å². The first-order chi connectivity index (χ1) is 11.5. The molecule has 2 aromatic carbocycles. The lowest BCUT2D eigenvalue weighted by Crippen LogP contribution is -2.19. The lowest BCUT2D eigenvalue weighted by Gasteiger charge is -2.09. The summed E-state index contributed by atoms with van der Waals surface area (Å²) in [6.45, 7) is 2.27. The van der Waals surface area contributed by atoms with Gasteiger partial charge in [-0.2, -0.15) is 0 Å². The van der Waals surface area contributed by atoms with Gasteiger partial charge >= 0.3 is 12.0 Å². The Bertz CT molecular complexity index is 750. The second-order valence-corrected chi connectivity index (χ2v) is 5.74. The Hall–Kier alpha value is -2.24. The van der Waals surface area contributed by atoms with Gasteiger partial charge in [0.15, 0.2) is 0 Å². The third-order valence-electron chi connectivity index (χ3n) is 2.97. The Morgan fingerprint density at radius 2 is 1.71 bits per heavy atom. The lowest BCUT2D eigenvalue weighted by atomic mass is 10.2. The van der Waals surface area contributed by atoms with E-state index in [1.807, 2.05) is 6.92 Å². The van der Waals surface area contributed by atoms with Crippen LogP contribution in [0.5, 0.6) is 0 Å². The van der Waals surface area contributed by atoms with E-state index >= 15 is 0 Å². The summed E-state index contributed by atoms with van der Waals surface area (Å²) in [5.41, 5.74) is 1.34. The number of carbonyl (C=O) groups excluding carboxylic acids is 2. The fourth-order valence-electron chi connectivity index (χ4n) is 1.87. The quantitative estimate of drug-likeness (QED) is 0.714. The van der Waals surface area contributed by atoms with Crippen molar-refractivity contribution in [2.75, 3.05) is 17.2 Å².